The Morgan fingerprint density at radius 3 is 2.63 bits per heavy atom. The summed E-state index contributed by atoms with van der Waals surface area (Å²) in [6, 6.07) is 10.1. The van der Waals surface area contributed by atoms with Crippen LogP contribution in [-0.4, -0.2) is 91.6 Å². The number of piperazine rings is 1. The smallest absolute Gasteiger partial charge is 0.296 e. The maximum Gasteiger partial charge on any atom is 0.296 e. The van der Waals surface area contributed by atoms with Crippen molar-refractivity contribution in [3.05, 3.63) is 35.4 Å². The number of rotatable bonds is 5. The van der Waals surface area contributed by atoms with Crippen LogP contribution in [0.1, 0.15) is 6.42 Å². The number of nitrogens with zero attached hydrogens (tertiary/aromatic N) is 4. The number of anilines is 1. The van der Waals surface area contributed by atoms with Gasteiger partial charge in [0, 0.05) is 44.0 Å². The largest absolute Gasteiger partial charge is 0.456 e. The second-order valence-electron chi connectivity index (χ2n) is 9.08. The van der Waals surface area contributed by atoms with E-state index in [1.54, 1.807) is 6.07 Å². The third-order valence-corrected chi connectivity index (χ3v) is 8.39. The molecule has 10 nitrogen and oxygen atoms in total. The van der Waals surface area contributed by atoms with Crippen molar-refractivity contribution in [3.63, 3.8) is 0 Å². The number of imidazole rings is 1. The van der Waals surface area contributed by atoms with Crippen LogP contribution in [0, 0.1) is 0 Å². The van der Waals surface area contributed by atoms with E-state index in [-0.39, 0.29) is 18.3 Å². The van der Waals surface area contributed by atoms with Crippen molar-refractivity contribution < 1.29 is 22.6 Å². The van der Waals surface area contributed by atoms with E-state index in [4.69, 9.17) is 25.8 Å². The highest BCUT2D eigenvalue weighted by Gasteiger charge is 2.43. The molecule has 12 heteroatoms. The van der Waals surface area contributed by atoms with Gasteiger partial charge in [-0.2, -0.15) is 9.29 Å². The van der Waals surface area contributed by atoms with E-state index in [1.165, 1.54) is 10.6 Å². The van der Waals surface area contributed by atoms with E-state index in [9.17, 15) is 8.42 Å². The molecule has 3 saturated heterocycles. The summed E-state index contributed by atoms with van der Waals surface area (Å²) >= 11 is 6.57. The number of H-pyrrole nitrogens is 1. The van der Waals surface area contributed by atoms with Gasteiger partial charge in [-0.25, -0.2) is 13.4 Å². The summed E-state index contributed by atoms with van der Waals surface area (Å²) in [6.45, 7) is 3.41. The quantitative estimate of drug-likeness (QED) is 0.547. The molecule has 3 aliphatic rings. The molecule has 3 aromatic rings. The zero-order chi connectivity index (χ0) is 24.2. The number of halogens is 1. The molecule has 0 bridgehead atoms. The maximum atomic E-state index is 11.7. The van der Waals surface area contributed by atoms with Gasteiger partial charge in [-0.05, 0) is 24.6 Å². The van der Waals surface area contributed by atoms with Crippen LogP contribution in [0.15, 0.2) is 30.3 Å². The molecule has 1 N–H and O–H groups in total. The summed E-state index contributed by atoms with van der Waals surface area (Å²) in [6.07, 6.45) is 1.96. The summed E-state index contributed by atoms with van der Waals surface area (Å²) in [5.41, 5.74) is 3.74. The first-order chi connectivity index (χ1) is 16.8. The number of hydrogen-bond donors (Lipinski definition) is 1. The Morgan fingerprint density at radius 2 is 1.89 bits per heavy atom. The Hall–Kier alpha value is -2.44. The third-order valence-electron chi connectivity index (χ3n) is 6.80. The number of aromatic amines is 1. The molecule has 0 spiro atoms. The standard InChI is InChI=1S/C23H26ClN5O5S/c1-35(30,31)29-9-7-28(8-10-29)15-4-2-14(3-5-15)20-16(24)12-17-22(26-20)27-23(25-17)34-19-13-33-18-6-11-32-21(18)19/h2-5,12,18-19,21H,6-11,13H2,1H3,(H,25,26,27). The second kappa shape index (κ2) is 8.90. The van der Waals surface area contributed by atoms with Crippen LogP contribution in [0.5, 0.6) is 6.01 Å². The summed E-state index contributed by atoms with van der Waals surface area (Å²) in [5, 5.41) is 0.505. The van der Waals surface area contributed by atoms with Crippen LogP contribution in [0.2, 0.25) is 5.02 Å². The highest BCUT2D eigenvalue weighted by atomic mass is 35.5. The predicted molar refractivity (Wildman–Crippen MR) is 131 cm³/mol. The van der Waals surface area contributed by atoms with E-state index in [0.29, 0.717) is 67.3 Å². The number of hydrogen-bond acceptors (Lipinski definition) is 8. The lowest BCUT2D eigenvalue weighted by Crippen LogP contribution is -2.48. The van der Waals surface area contributed by atoms with Crippen molar-refractivity contribution in [1.29, 1.82) is 0 Å². The highest BCUT2D eigenvalue weighted by Crippen LogP contribution is 2.32. The number of fused-ring (bicyclic) bond motifs is 2. The number of nitrogens with one attached hydrogen (secondary N) is 1. The molecule has 0 amide bonds. The van der Waals surface area contributed by atoms with E-state index in [2.05, 4.69) is 19.9 Å². The van der Waals surface area contributed by atoms with Crippen molar-refractivity contribution >= 4 is 38.5 Å². The fraction of sp³-hybridized carbons (Fsp3) is 0.478. The molecule has 35 heavy (non-hydrogen) atoms. The zero-order valence-corrected chi connectivity index (χ0v) is 20.8. The Balaban J connectivity index is 1.18. The molecule has 3 aliphatic heterocycles. The van der Waals surface area contributed by atoms with Crippen molar-refractivity contribution in [1.82, 2.24) is 19.3 Å². The van der Waals surface area contributed by atoms with Crippen LogP contribution in [-0.2, 0) is 19.5 Å². The Bertz CT molecular complexity index is 1340. The van der Waals surface area contributed by atoms with Gasteiger partial charge in [-0.15, -0.1) is 0 Å². The monoisotopic (exact) mass is 519 g/mol. The summed E-state index contributed by atoms with van der Waals surface area (Å²) in [5.74, 6) is 0. The van der Waals surface area contributed by atoms with Gasteiger partial charge in [-0.1, -0.05) is 23.7 Å². The van der Waals surface area contributed by atoms with Crippen LogP contribution in [0.25, 0.3) is 22.4 Å². The van der Waals surface area contributed by atoms with Gasteiger partial charge in [0.1, 0.15) is 6.10 Å². The minimum absolute atomic E-state index is 0.0665. The third kappa shape index (κ3) is 4.47. The Kier molecular flexibility index (Phi) is 5.84. The minimum Gasteiger partial charge on any atom is -0.456 e. The van der Waals surface area contributed by atoms with Crippen molar-refractivity contribution in [3.8, 4) is 17.3 Å². The van der Waals surface area contributed by atoms with Gasteiger partial charge in [0.15, 0.2) is 11.8 Å². The van der Waals surface area contributed by atoms with E-state index < -0.39 is 10.0 Å². The number of sulfonamides is 1. The molecule has 0 radical (unpaired) electrons. The van der Waals surface area contributed by atoms with Crippen LogP contribution in [0.4, 0.5) is 5.69 Å². The fourth-order valence-corrected chi connectivity index (χ4v) is 6.02. The first kappa shape index (κ1) is 23.0. The summed E-state index contributed by atoms with van der Waals surface area (Å²) < 4.78 is 42.5. The van der Waals surface area contributed by atoms with Gasteiger partial charge in [0.05, 0.1) is 35.2 Å². The molecule has 186 valence electrons. The first-order valence-corrected chi connectivity index (χ1v) is 13.8. The molecule has 1 aromatic carbocycles. The lowest BCUT2D eigenvalue weighted by atomic mass is 10.1. The summed E-state index contributed by atoms with van der Waals surface area (Å²) in [4.78, 5) is 14.5. The average Bonchev–Trinajstić information content (AvgIpc) is 3.55. The molecule has 6 rings (SSSR count). The molecule has 5 heterocycles. The highest BCUT2D eigenvalue weighted by molar-refractivity contribution is 7.88. The normalized spacial score (nSPS) is 25.3. The minimum atomic E-state index is -3.15. The van der Waals surface area contributed by atoms with Crippen molar-refractivity contribution in [2.24, 2.45) is 0 Å². The van der Waals surface area contributed by atoms with Crippen molar-refractivity contribution in [2.45, 2.75) is 24.7 Å². The molecule has 3 atom stereocenters. The van der Waals surface area contributed by atoms with Gasteiger partial charge < -0.3 is 24.1 Å². The first-order valence-electron chi connectivity index (χ1n) is 11.6. The number of benzene rings is 1. The zero-order valence-electron chi connectivity index (χ0n) is 19.2. The van der Waals surface area contributed by atoms with Gasteiger partial charge in [0.25, 0.3) is 6.01 Å². The molecule has 0 saturated carbocycles. The molecule has 0 aliphatic carbocycles. The van der Waals surface area contributed by atoms with E-state index >= 15 is 0 Å². The molecule has 3 unspecified atom stereocenters. The van der Waals surface area contributed by atoms with Gasteiger partial charge in [-0.3, -0.25) is 0 Å². The van der Waals surface area contributed by atoms with Gasteiger partial charge >= 0.3 is 0 Å². The fourth-order valence-electron chi connectivity index (χ4n) is 4.94. The summed E-state index contributed by atoms with van der Waals surface area (Å²) in [7, 11) is -3.15. The Labute approximate surface area is 208 Å². The maximum absolute atomic E-state index is 11.7. The van der Waals surface area contributed by atoms with Crippen LogP contribution >= 0.6 is 11.6 Å². The lowest BCUT2D eigenvalue weighted by Gasteiger charge is -2.34. The SMILES string of the molecule is CS(=O)(=O)N1CCN(c2ccc(-c3nc4nc(OC5COC6CCOC65)[nH]c4cc3Cl)cc2)CC1. The van der Waals surface area contributed by atoms with Crippen LogP contribution < -0.4 is 9.64 Å². The number of aromatic nitrogens is 3. The molecular formula is C23H26ClN5O5S. The average molecular weight is 520 g/mol. The number of ether oxygens (including phenoxy) is 3. The topological polar surface area (TPSA) is 110 Å². The lowest BCUT2D eigenvalue weighted by molar-refractivity contribution is 0.0273. The van der Waals surface area contributed by atoms with E-state index in [1.807, 2.05) is 24.3 Å². The van der Waals surface area contributed by atoms with Crippen LogP contribution in [0.3, 0.4) is 0 Å². The predicted octanol–water partition coefficient (Wildman–Crippen LogP) is 2.29. The second-order valence-corrected chi connectivity index (χ2v) is 11.5. The molecule has 2 aromatic heterocycles. The Morgan fingerprint density at radius 1 is 1.11 bits per heavy atom. The van der Waals surface area contributed by atoms with Gasteiger partial charge in [0.2, 0.25) is 10.0 Å². The van der Waals surface area contributed by atoms with E-state index in [0.717, 1.165) is 17.7 Å². The number of pyridine rings is 1. The van der Waals surface area contributed by atoms with Crippen molar-refractivity contribution in [2.75, 3.05) is 50.5 Å². The molecular weight excluding hydrogens is 494 g/mol. The molecule has 3 fully saturated rings.